The number of thiophene rings is 1. The number of nitrogens with zero attached hydrogens (tertiary/aromatic N) is 2. The van der Waals surface area contributed by atoms with E-state index in [1.165, 1.54) is 10.4 Å². The summed E-state index contributed by atoms with van der Waals surface area (Å²) in [6.07, 6.45) is 0.695. The van der Waals surface area contributed by atoms with Gasteiger partial charge in [0.25, 0.3) is 0 Å². The molecule has 0 amide bonds. The van der Waals surface area contributed by atoms with E-state index >= 15 is 0 Å². The highest BCUT2D eigenvalue weighted by atomic mass is 32.1. The number of hydrogen-bond donors (Lipinski definition) is 0. The molecular formula is C22H20N2O2S. The Morgan fingerprint density at radius 3 is 2.74 bits per heavy atom. The lowest BCUT2D eigenvalue weighted by Crippen LogP contribution is -2.33. The van der Waals surface area contributed by atoms with Gasteiger partial charge in [-0.2, -0.15) is 5.10 Å². The van der Waals surface area contributed by atoms with E-state index in [0.29, 0.717) is 6.61 Å². The van der Waals surface area contributed by atoms with Crippen LogP contribution in [-0.2, 0) is 0 Å². The van der Waals surface area contributed by atoms with Gasteiger partial charge in [0.2, 0.25) is 6.23 Å². The molecule has 3 aromatic rings. The van der Waals surface area contributed by atoms with Gasteiger partial charge < -0.3 is 9.47 Å². The minimum atomic E-state index is -0.176. The van der Waals surface area contributed by atoms with Crippen molar-refractivity contribution in [2.45, 2.75) is 25.6 Å². The van der Waals surface area contributed by atoms with E-state index in [1.54, 1.807) is 11.3 Å². The van der Waals surface area contributed by atoms with Gasteiger partial charge in [0.05, 0.1) is 23.2 Å². The third kappa shape index (κ3) is 2.88. The first-order valence-corrected chi connectivity index (χ1v) is 10.1. The molecule has 3 heterocycles. The quantitative estimate of drug-likeness (QED) is 0.612. The van der Waals surface area contributed by atoms with E-state index < -0.39 is 0 Å². The Bertz CT molecular complexity index is 966. The van der Waals surface area contributed by atoms with Crippen LogP contribution in [-0.4, -0.2) is 17.3 Å². The number of ether oxygens (including phenoxy) is 2. The lowest BCUT2D eigenvalue weighted by molar-refractivity contribution is -0.0165. The number of fused-ring (bicyclic) bond motifs is 3. The molecule has 2 aliphatic rings. The molecule has 5 rings (SSSR count). The van der Waals surface area contributed by atoms with Gasteiger partial charge >= 0.3 is 0 Å². The summed E-state index contributed by atoms with van der Waals surface area (Å²) in [5.41, 5.74) is 3.43. The maximum absolute atomic E-state index is 6.33. The van der Waals surface area contributed by atoms with Crippen LogP contribution in [0.15, 0.2) is 71.1 Å². The van der Waals surface area contributed by atoms with Crippen LogP contribution < -0.4 is 9.47 Å². The summed E-state index contributed by atoms with van der Waals surface area (Å²) in [6, 6.07) is 20.9. The molecule has 0 saturated heterocycles. The fourth-order valence-electron chi connectivity index (χ4n) is 3.74. The van der Waals surface area contributed by atoms with E-state index in [4.69, 9.17) is 14.6 Å². The molecule has 0 bridgehead atoms. The minimum absolute atomic E-state index is 0.176. The lowest BCUT2D eigenvalue weighted by atomic mass is 9.96. The summed E-state index contributed by atoms with van der Waals surface area (Å²) in [5.74, 6) is 1.85. The summed E-state index contributed by atoms with van der Waals surface area (Å²) in [5, 5.41) is 9.19. The second kappa shape index (κ2) is 6.74. The highest BCUT2D eigenvalue weighted by molar-refractivity contribution is 7.10. The molecule has 4 nitrogen and oxygen atoms in total. The predicted molar refractivity (Wildman–Crippen MR) is 107 cm³/mol. The largest absolute Gasteiger partial charge is 0.494 e. The van der Waals surface area contributed by atoms with Gasteiger partial charge in [-0.05, 0) is 54.3 Å². The average molecular weight is 376 g/mol. The van der Waals surface area contributed by atoms with Crippen LogP contribution >= 0.6 is 11.3 Å². The Labute approximate surface area is 162 Å². The molecular weight excluding hydrogens is 356 g/mol. The van der Waals surface area contributed by atoms with Gasteiger partial charge in [-0.1, -0.05) is 24.3 Å². The van der Waals surface area contributed by atoms with Crippen molar-refractivity contribution in [3.05, 3.63) is 82.0 Å². The fraction of sp³-hybridized carbons (Fsp3) is 0.227. The van der Waals surface area contributed by atoms with Gasteiger partial charge in [-0.3, -0.25) is 0 Å². The normalized spacial score (nSPS) is 20.5. The smallest absolute Gasteiger partial charge is 0.222 e. The second-order valence-electron chi connectivity index (χ2n) is 6.63. The molecule has 2 atom stereocenters. The van der Waals surface area contributed by atoms with Crippen LogP contribution in [0.4, 0.5) is 0 Å². The van der Waals surface area contributed by atoms with Gasteiger partial charge in [0.15, 0.2) is 0 Å². The number of rotatable bonds is 4. The van der Waals surface area contributed by atoms with E-state index in [1.807, 2.05) is 25.1 Å². The van der Waals surface area contributed by atoms with Crippen molar-refractivity contribution in [2.75, 3.05) is 6.61 Å². The minimum Gasteiger partial charge on any atom is -0.494 e. The zero-order chi connectivity index (χ0) is 18.2. The van der Waals surface area contributed by atoms with Crippen molar-refractivity contribution < 1.29 is 9.47 Å². The van der Waals surface area contributed by atoms with Crippen LogP contribution in [0.5, 0.6) is 11.5 Å². The van der Waals surface area contributed by atoms with E-state index in [-0.39, 0.29) is 12.3 Å². The van der Waals surface area contributed by atoms with Crippen molar-refractivity contribution in [1.82, 2.24) is 5.01 Å². The van der Waals surface area contributed by atoms with Gasteiger partial charge in [-0.25, -0.2) is 5.01 Å². The molecule has 27 heavy (non-hydrogen) atoms. The first-order chi connectivity index (χ1) is 13.3. The molecule has 0 saturated carbocycles. The van der Waals surface area contributed by atoms with E-state index in [0.717, 1.165) is 29.2 Å². The molecule has 0 aliphatic carbocycles. The van der Waals surface area contributed by atoms with E-state index in [9.17, 15) is 0 Å². The predicted octanol–water partition coefficient (Wildman–Crippen LogP) is 5.39. The molecule has 0 spiro atoms. The van der Waals surface area contributed by atoms with Crippen molar-refractivity contribution in [3.8, 4) is 11.5 Å². The first kappa shape index (κ1) is 16.4. The Morgan fingerprint density at radius 1 is 1.11 bits per heavy atom. The monoisotopic (exact) mass is 376 g/mol. The van der Waals surface area contributed by atoms with Gasteiger partial charge in [0.1, 0.15) is 11.5 Å². The molecule has 2 aromatic carbocycles. The van der Waals surface area contributed by atoms with Crippen molar-refractivity contribution in [2.24, 2.45) is 5.10 Å². The first-order valence-electron chi connectivity index (χ1n) is 9.21. The summed E-state index contributed by atoms with van der Waals surface area (Å²) >= 11 is 1.71. The van der Waals surface area contributed by atoms with Crippen LogP contribution in [0.2, 0.25) is 0 Å². The summed E-state index contributed by atoms with van der Waals surface area (Å²) in [4.78, 5) is 1.17. The molecule has 5 heteroatoms. The van der Waals surface area contributed by atoms with Gasteiger partial charge in [0, 0.05) is 12.0 Å². The van der Waals surface area contributed by atoms with Crippen molar-refractivity contribution >= 4 is 17.0 Å². The van der Waals surface area contributed by atoms with Crippen molar-refractivity contribution in [3.63, 3.8) is 0 Å². The fourth-order valence-corrected chi connectivity index (χ4v) is 4.48. The maximum Gasteiger partial charge on any atom is 0.222 e. The topological polar surface area (TPSA) is 34.1 Å². The Kier molecular flexibility index (Phi) is 4.09. The molecule has 1 aromatic heterocycles. The van der Waals surface area contributed by atoms with Crippen molar-refractivity contribution in [1.29, 1.82) is 0 Å². The van der Waals surface area contributed by atoms with E-state index in [2.05, 4.69) is 52.9 Å². The van der Waals surface area contributed by atoms with Crippen LogP contribution in [0.3, 0.4) is 0 Å². The van der Waals surface area contributed by atoms with Gasteiger partial charge in [-0.15, -0.1) is 11.3 Å². The molecule has 0 fully saturated rings. The Hall–Kier alpha value is -2.79. The zero-order valence-corrected chi connectivity index (χ0v) is 15.9. The summed E-state index contributed by atoms with van der Waals surface area (Å²) in [7, 11) is 0. The second-order valence-corrected chi connectivity index (χ2v) is 7.61. The number of para-hydroxylation sites is 1. The summed E-state index contributed by atoms with van der Waals surface area (Å²) < 4.78 is 11.9. The number of hydrazone groups is 1. The highest BCUT2D eigenvalue weighted by Crippen LogP contribution is 2.48. The van der Waals surface area contributed by atoms with Crippen LogP contribution in [0.25, 0.3) is 0 Å². The maximum atomic E-state index is 6.33. The molecule has 0 radical (unpaired) electrons. The highest BCUT2D eigenvalue weighted by Gasteiger charge is 2.41. The van der Waals surface area contributed by atoms with Crippen LogP contribution in [0, 0.1) is 0 Å². The lowest BCUT2D eigenvalue weighted by Gasteiger charge is -2.37. The third-order valence-electron chi connectivity index (χ3n) is 4.98. The molecule has 136 valence electrons. The molecule has 2 aliphatic heterocycles. The average Bonchev–Trinajstić information content (AvgIpc) is 3.39. The SMILES string of the molecule is CCOc1ccc(C2=NN3[C@H](C2)c2ccccc2O[C@H]3c2cccs2)cc1. The zero-order valence-electron chi connectivity index (χ0n) is 15.0. The molecule has 0 N–H and O–H groups in total. The Morgan fingerprint density at radius 2 is 1.96 bits per heavy atom. The van der Waals surface area contributed by atoms with Crippen LogP contribution in [0.1, 0.15) is 41.6 Å². The standard InChI is InChI=1S/C22H20N2O2S/c1-2-25-16-11-9-15(10-12-16)18-14-19-17-6-3-4-7-20(17)26-22(24(19)23-18)21-8-5-13-27-21/h3-13,19,22H,2,14H2,1H3/t19-,22+/m1/s1. The Balaban J connectivity index is 1.52. The summed E-state index contributed by atoms with van der Waals surface area (Å²) in [6.45, 7) is 2.67. The third-order valence-corrected chi connectivity index (χ3v) is 5.89. The number of benzene rings is 2. The number of hydrogen-bond acceptors (Lipinski definition) is 5. The molecule has 0 unspecified atom stereocenters.